The Balaban J connectivity index is 0.000000292. The molecular weight excluding hydrogens is 166 g/mol. The van der Waals surface area contributed by atoms with Crippen LogP contribution in [0.5, 0.6) is 5.75 Å². The van der Waals surface area contributed by atoms with Crippen LogP contribution in [0, 0.1) is 5.41 Å². The minimum atomic E-state index is 0.206. The highest BCUT2D eigenvalue weighted by Gasteiger charge is 1.85. The molecular formula is C7H6ClNO2. The summed E-state index contributed by atoms with van der Waals surface area (Å²) in [5.41, 5.74) is 0. The van der Waals surface area contributed by atoms with Crippen LogP contribution in [0.1, 0.15) is 0 Å². The van der Waals surface area contributed by atoms with Crippen molar-refractivity contribution < 1.29 is 9.90 Å². The molecule has 0 unspecified atom stereocenters. The first-order valence-corrected chi connectivity index (χ1v) is 3.07. The van der Waals surface area contributed by atoms with Crippen molar-refractivity contribution in [2.75, 3.05) is 0 Å². The first-order chi connectivity index (χ1) is 5.20. The van der Waals surface area contributed by atoms with E-state index in [1.54, 1.807) is 18.2 Å². The van der Waals surface area contributed by atoms with Crippen molar-refractivity contribution in [3.8, 4) is 5.75 Å². The van der Waals surface area contributed by atoms with Gasteiger partial charge in [0.05, 0.1) is 0 Å². The summed E-state index contributed by atoms with van der Waals surface area (Å²) in [7, 11) is 0. The molecule has 0 heterocycles. The molecule has 58 valence electrons. The third-order valence-corrected chi connectivity index (χ3v) is 1.04. The van der Waals surface area contributed by atoms with Crippen LogP contribution in [0.2, 0.25) is 5.02 Å². The number of halogens is 1. The third-order valence-electron chi connectivity index (χ3n) is 0.808. The summed E-state index contributed by atoms with van der Waals surface area (Å²) in [5, 5.41) is 14.7. The van der Waals surface area contributed by atoms with E-state index in [0.29, 0.717) is 5.02 Å². The quantitative estimate of drug-likeness (QED) is 0.463. The van der Waals surface area contributed by atoms with Gasteiger partial charge in [-0.3, -0.25) is 0 Å². The average Bonchev–Trinajstić information content (AvgIpc) is 1.88. The Bertz CT molecular complexity index is 239. The number of aromatic hydroxyl groups is 1. The van der Waals surface area contributed by atoms with Crippen molar-refractivity contribution in [3.05, 3.63) is 29.3 Å². The summed E-state index contributed by atoms with van der Waals surface area (Å²) in [6.45, 7) is 0. The van der Waals surface area contributed by atoms with Crippen LogP contribution in [-0.2, 0) is 4.79 Å². The lowest BCUT2D eigenvalue weighted by Crippen LogP contribution is -1.61. The summed E-state index contributed by atoms with van der Waals surface area (Å²) in [6, 6.07) is 6.46. The minimum absolute atomic E-state index is 0.206. The normalized spacial score (nSPS) is 7.36. The topological polar surface area (TPSA) is 61.2 Å². The Morgan fingerprint density at radius 1 is 1.55 bits per heavy atom. The summed E-state index contributed by atoms with van der Waals surface area (Å²) >= 11 is 5.48. The number of nitrogens with one attached hydrogen (secondary N) is 1. The first kappa shape index (κ1) is 9.69. The number of carbonyl (C=O) groups excluding carboxylic acids is 1. The van der Waals surface area contributed by atoms with Crippen molar-refractivity contribution in [1.82, 2.24) is 0 Å². The zero-order valence-electron chi connectivity index (χ0n) is 5.54. The molecule has 1 aromatic rings. The number of hydrogen-bond donors (Lipinski definition) is 2. The molecule has 0 bridgehead atoms. The molecule has 4 heteroatoms. The predicted molar refractivity (Wildman–Crippen MR) is 41.5 cm³/mol. The summed E-state index contributed by atoms with van der Waals surface area (Å²) in [4.78, 5) is 8.35. The molecule has 0 radical (unpaired) electrons. The van der Waals surface area contributed by atoms with E-state index in [-0.39, 0.29) is 5.75 Å². The van der Waals surface area contributed by atoms with E-state index in [2.05, 4.69) is 0 Å². The van der Waals surface area contributed by atoms with E-state index in [1.165, 1.54) is 6.07 Å². The lowest BCUT2D eigenvalue weighted by atomic mass is 10.3. The third kappa shape index (κ3) is 5.15. The summed E-state index contributed by atoms with van der Waals surface area (Å²) < 4.78 is 0. The maximum atomic E-state index is 8.73. The van der Waals surface area contributed by atoms with Gasteiger partial charge in [-0.2, -0.15) is 0 Å². The maximum Gasteiger partial charge on any atom is 0.231 e. The van der Waals surface area contributed by atoms with Gasteiger partial charge in [-0.15, -0.1) is 0 Å². The molecule has 0 aromatic heterocycles. The van der Waals surface area contributed by atoms with Crippen LogP contribution >= 0.6 is 11.6 Å². The number of hydrogen-bond acceptors (Lipinski definition) is 3. The van der Waals surface area contributed by atoms with Crippen molar-refractivity contribution in [1.29, 1.82) is 5.41 Å². The van der Waals surface area contributed by atoms with Crippen LogP contribution < -0.4 is 0 Å². The van der Waals surface area contributed by atoms with Crippen molar-refractivity contribution in [2.45, 2.75) is 0 Å². The maximum absolute atomic E-state index is 8.73. The van der Waals surface area contributed by atoms with Crippen LogP contribution in [0.4, 0.5) is 0 Å². The fourth-order valence-corrected chi connectivity index (χ4v) is 0.661. The van der Waals surface area contributed by atoms with E-state index < -0.39 is 0 Å². The van der Waals surface area contributed by atoms with E-state index >= 15 is 0 Å². The zero-order valence-corrected chi connectivity index (χ0v) is 6.30. The monoisotopic (exact) mass is 171 g/mol. The van der Waals surface area contributed by atoms with Gasteiger partial charge in [-0.25, -0.2) is 10.2 Å². The molecule has 3 nitrogen and oxygen atoms in total. The zero-order chi connectivity index (χ0) is 8.69. The van der Waals surface area contributed by atoms with E-state index in [1.807, 2.05) is 0 Å². The molecule has 0 aliphatic heterocycles. The van der Waals surface area contributed by atoms with E-state index in [4.69, 9.17) is 26.9 Å². The summed E-state index contributed by atoms with van der Waals surface area (Å²) in [5.74, 6) is 0.206. The van der Waals surface area contributed by atoms with Gasteiger partial charge in [0.15, 0.2) is 0 Å². The Hall–Kier alpha value is -1.31. The Morgan fingerprint density at radius 3 is 2.36 bits per heavy atom. The van der Waals surface area contributed by atoms with Crippen LogP contribution in [0.25, 0.3) is 0 Å². The Labute approximate surface area is 68.7 Å². The smallest absolute Gasteiger partial charge is 0.231 e. The Kier molecular flexibility index (Phi) is 4.82. The highest BCUT2D eigenvalue weighted by Crippen LogP contribution is 2.14. The van der Waals surface area contributed by atoms with E-state index in [0.717, 1.165) is 6.08 Å². The fourth-order valence-electron chi connectivity index (χ4n) is 0.476. The van der Waals surface area contributed by atoms with Gasteiger partial charge in [-0.1, -0.05) is 17.7 Å². The number of rotatable bonds is 0. The average molecular weight is 172 g/mol. The predicted octanol–water partition coefficient (Wildman–Crippen LogP) is 1.95. The number of benzene rings is 1. The molecule has 1 rings (SSSR count). The second kappa shape index (κ2) is 5.47. The molecule has 0 atom stereocenters. The second-order valence-electron chi connectivity index (χ2n) is 1.58. The second-order valence-corrected chi connectivity index (χ2v) is 2.02. The molecule has 0 aliphatic rings. The van der Waals surface area contributed by atoms with Crippen LogP contribution in [-0.4, -0.2) is 11.2 Å². The molecule has 1 aromatic carbocycles. The number of phenols is 1. The first-order valence-electron chi connectivity index (χ1n) is 2.69. The van der Waals surface area contributed by atoms with Crippen LogP contribution in [0.15, 0.2) is 24.3 Å². The molecule has 0 spiro atoms. The standard InChI is InChI=1S/C6H5ClO.CHNO/c7-5-2-1-3-6(8)4-5;2-1-3/h1-4,8H;2H. The molecule has 0 aliphatic carbocycles. The molecule has 2 N–H and O–H groups in total. The highest BCUT2D eigenvalue weighted by atomic mass is 35.5. The SMILES string of the molecule is N=C=O.Oc1cccc(Cl)c1. The van der Waals surface area contributed by atoms with Gasteiger partial charge in [0, 0.05) is 5.02 Å². The molecule has 0 fully saturated rings. The lowest BCUT2D eigenvalue weighted by Gasteiger charge is -1.88. The molecule has 0 saturated carbocycles. The van der Waals surface area contributed by atoms with Gasteiger partial charge < -0.3 is 5.11 Å². The van der Waals surface area contributed by atoms with Gasteiger partial charge in [-0.05, 0) is 18.2 Å². The molecule has 11 heavy (non-hydrogen) atoms. The molecule has 0 saturated heterocycles. The van der Waals surface area contributed by atoms with Crippen molar-refractivity contribution in [3.63, 3.8) is 0 Å². The van der Waals surface area contributed by atoms with Crippen LogP contribution in [0.3, 0.4) is 0 Å². The van der Waals surface area contributed by atoms with Gasteiger partial charge >= 0.3 is 0 Å². The Morgan fingerprint density at radius 2 is 2.09 bits per heavy atom. The lowest BCUT2D eigenvalue weighted by molar-refractivity contribution is 0.475. The van der Waals surface area contributed by atoms with Gasteiger partial charge in [0.1, 0.15) is 5.75 Å². The van der Waals surface area contributed by atoms with E-state index in [9.17, 15) is 0 Å². The van der Waals surface area contributed by atoms with Crippen molar-refractivity contribution in [2.24, 2.45) is 0 Å². The number of phenolic OH excluding ortho intramolecular Hbond substituents is 1. The number of isocyanates is 1. The van der Waals surface area contributed by atoms with Gasteiger partial charge in [0.2, 0.25) is 6.08 Å². The molecule has 0 amide bonds. The van der Waals surface area contributed by atoms with Crippen molar-refractivity contribution >= 4 is 17.7 Å². The fraction of sp³-hybridized carbons (Fsp3) is 0. The minimum Gasteiger partial charge on any atom is -0.508 e. The van der Waals surface area contributed by atoms with Gasteiger partial charge in [0.25, 0.3) is 0 Å². The largest absolute Gasteiger partial charge is 0.508 e. The highest BCUT2D eigenvalue weighted by molar-refractivity contribution is 6.30. The summed E-state index contributed by atoms with van der Waals surface area (Å²) in [6.07, 6.45) is 0.750.